The molecule has 0 heterocycles. The first kappa shape index (κ1) is 12.8. The molecule has 0 bridgehead atoms. The third-order valence-corrected chi connectivity index (χ3v) is 5.44. The Kier molecular flexibility index (Phi) is 3.39. The molecule has 0 aliphatic heterocycles. The minimum Gasteiger partial charge on any atom is -0.225 e. The van der Waals surface area contributed by atoms with Crippen LogP contribution in [0.4, 0.5) is 0 Å². The Morgan fingerprint density at radius 2 is 1.87 bits per heavy atom. The minimum atomic E-state index is 0.316. The van der Waals surface area contributed by atoms with Gasteiger partial charge in [-0.3, -0.25) is 0 Å². The van der Waals surface area contributed by atoms with Gasteiger partial charge in [0.1, 0.15) is 7.05 Å². The predicted octanol–water partition coefficient (Wildman–Crippen LogP) is 3.55. The first-order chi connectivity index (χ1) is 6.83. The molecule has 1 fully saturated rings. The topological polar surface area (TPSA) is 3.01 Å². The minimum absolute atomic E-state index is 0.316. The van der Waals surface area contributed by atoms with Crippen LogP contribution >= 0.6 is 11.8 Å². The largest absolute Gasteiger partial charge is 0.225 e. The van der Waals surface area contributed by atoms with Crippen LogP contribution in [0.15, 0.2) is 11.6 Å². The Morgan fingerprint density at radius 1 is 1.33 bits per heavy atom. The quantitative estimate of drug-likeness (QED) is 0.301. The highest BCUT2D eigenvalue weighted by Gasteiger charge is 2.69. The van der Waals surface area contributed by atoms with Gasteiger partial charge < -0.3 is 0 Å². The molecule has 1 nitrogen and oxygen atoms in total. The van der Waals surface area contributed by atoms with Crippen molar-refractivity contribution in [2.75, 3.05) is 13.3 Å². The third kappa shape index (κ3) is 1.77. The van der Waals surface area contributed by atoms with Gasteiger partial charge in [-0.2, -0.15) is 0 Å². The molecule has 0 aromatic heterocycles. The van der Waals surface area contributed by atoms with Gasteiger partial charge in [-0.05, 0) is 27.0 Å². The highest BCUT2D eigenvalue weighted by Crippen LogP contribution is 2.62. The average Bonchev–Trinajstić information content (AvgIpc) is 2.81. The molecule has 0 aromatic rings. The first-order valence-electron chi connectivity index (χ1n) is 5.58. The van der Waals surface area contributed by atoms with Gasteiger partial charge in [0.25, 0.3) is 0 Å². The van der Waals surface area contributed by atoms with E-state index in [9.17, 15) is 0 Å². The van der Waals surface area contributed by atoms with Crippen molar-refractivity contribution in [2.24, 2.45) is 5.41 Å². The summed E-state index contributed by atoms with van der Waals surface area (Å²) >= 11 is 1.84. The molecule has 1 rings (SSSR count). The highest BCUT2D eigenvalue weighted by atomic mass is 32.2. The van der Waals surface area contributed by atoms with Crippen molar-refractivity contribution in [3.05, 3.63) is 11.6 Å². The van der Waals surface area contributed by atoms with Gasteiger partial charge in [0.2, 0.25) is 5.04 Å². The van der Waals surface area contributed by atoms with Crippen LogP contribution in [0.2, 0.25) is 0 Å². The van der Waals surface area contributed by atoms with Gasteiger partial charge in [-0.15, -0.1) is 0 Å². The van der Waals surface area contributed by atoms with Crippen molar-refractivity contribution in [3.8, 4) is 0 Å². The predicted molar refractivity (Wildman–Crippen MR) is 70.9 cm³/mol. The van der Waals surface area contributed by atoms with Gasteiger partial charge in [-0.25, -0.2) is 4.58 Å². The molecule has 1 aliphatic rings. The van der Waals surface area contributed by atoms with Crippen molar-refractivity contribution in [1.82, 2.24) is 0 Å². The molecule has 2 atom stereocenters. The number of nitrogens with zero attached hydrogens (tertiary/aromatic N) is 1. The van der Waals surface area contributed by atoms with Crippen molar-refractivity contribution in [1.29, 1.82) is 0 Å². The second kappa shape index (κ2) is 3.97. The van der Waals surface area contributed by atoms with Crippen LogP contribution in [0.3, 0.4) is 0 Å². The van der Waals surface area contributed by atoms with Crippen LogP contribution in [-0.2, 0) is 0 Å². The Bertz CT molecular complexity index is 329. The van der Waals surface area contributed by atoms with E-state index >= 15 is 0 Å². The zero-order valence-corrected chi connectivity index (χ0v) is 12.0. The number of hydrogen-bond donors (Lipinski definition) is 0. The van der Waals surface area contributed by atoms with E-state index in [2.05, 4.69) is 58.6 Å². The van der Waals surface area contributed by atoms with Crippen LogP contribution in [-0.4, -0.2) is 28.5 Å². The molecular formula is C13H24NS+. The van der Waals surface area contributed by atoms with Crippen LogP contribution in [0.25, 0.3) is 0 Å². The lowest BCUT2D eigenvalue weighted by molar-refractivity contribution is -0.554. The summed E-state index contributed by atoms with van der Waals surface area (Å²) in [4.78, 5) is 0. The molecule has 1 aliphatic carbocycles. The summed E-state index contributed by atoms with van der Waals surface area (Å²) < 4.78 is 2.45. The molecule has 0 spiro atoms. The Morgan fingerprint density at radius 3 is 2.27 bits per heavy atom. The Balaban J connectivity index is 3.02. The van der Waals surface area contributed by atoms with Gasteiger partial charge in [0, 0.05) is 20.3 Å². The molecule has 2 heteroatoms. The molecular weight excluding hydrogens is 202 g/mol. The fourth-order valence-corrected chi connectivity index (χ4v) is 2.98. The summed E-state index contributed by atoms with van der Waals surface area (Å²) in [6, 6.07) is 0. The molecule has 0 aromatic carbocycles. The normalized spacial score (nSPS) is 37.7. The molecule has 15 heavy (non-hydrogen) atoms. The zero-order valence-electron chi connectivity index (χ0n) is 11.1. The van der Waals surface area contributed by atoms with Crippen molar-refractivity contribution < 1.29 is 4.58 Å². The maximum atomic E-state index is 2.45. The third-order valence-electron chi connectivity index (χ3n) is 4.57. The van der Waals surface area contributed by atoms with Gasteiger partial charge in [0.05, 0.1) is 5.41 Å². The number of rotatable bonds is 2. The van der Waals surface area contributed by atoms with Crippen LogP contribution in [0, 0.1) is 5.41 Å². The zero-order chi connectivity index (χ0) is 11.9. The lowest BCUT2D eigenvalue weighted by Gasteiger charge is -2.17. The fraction of sp³-hybridized carbons (Fsp3) is 0.769. The summed E-state index contributed by atoms with van der Waals surface area (Å²) in [6.45, 7) is 11.4. The average molecular weight is 226 g/mol. The van der Waals surface area contributed by atoms with E-state index in [0.29, 0.717) is 11.0 Å². The molecule has 86 valence electrons. The monoisotopic (exact) mass is 226 g/mol. The van der Waals surface area contributed by atoms with Gasteiger partial charge in [0.15, 0.2) is 5.54 Å². The van der Waals surface area contributed by atoms with E-state index in [1.807, 2.05) is 11.8 Å². The summed E-state index contributed by atoms with van der Waals surface area (Å²) in [5, 5.41) is 1.41. The Hall–Kier alpha value is -0.240. The van der Waals surface area contributed by atoms with E-state index in [1.165, 1.54) is 17.0 Å². The molecule has 0 radical (unpaired) electrons. The standard InChI is InChI=1S/C13H24NS/c1-8-10(2)12(4)9-13(12,5)14(6)11(3)15-7/h8H,9H2,1-7H3/q+1/b10-8+,14-11-. The van der Waals surface area contributed by atoms with E-state index in [0.717, 1.165) is 0 Å². The Labute approximate surface area is 98.7 Å². The second-order valence-electron chi connectivity index (χ2n) is 5.04. The molecule has 0 N–H and O–H groups in total. The molecule has 0 saturated heterocycles. The number of thioether (sulfide) groups is 1. The van der Waals surface area contributed by atoms with Crippen molar-refractivity contribution >= 4 is 16.8 Å². The molecule has 1 saturated carbocycles. The highest BCUT2D eigenvalue weighted by molar-refractivity contribution is 8.13. The van der Waals surface area contributed by atoms with E-state index in [4.69, 9.17) is 0 Å². The summed E-state index contributed by atoms with van der Waals surface area (Å²) in [5.41, 5.74) is 2.20. The van der Waals surface area contributed by atoms with E-state index < -0.39 is 0 Å². The van der Waals surface area contributed by atoms with Gasteiger partial charge >= 0.3 is 0 Å². The second-order valence-corrected chi connectivity index (χ2v) is 6.04. The summed E-state index contributed by atoms with van der Waals surface area (Å²) in [6.07, 6.45) is 5.68. The van der Waals surface area contributed by atoms with Crippen molar-refractivity contribution in [2.45, 2.75) is 46.6 Å². The van der Waals surface area contributed by atoms with Gasteiger partial charge in [-0.1, -0.05) is 23.4 Å². The molecule has 2 unspecified atom stereocenters. The first-order valence-corrected chi connectivity index (χ1v) is 6.80. The fourth-order valence-electron chi connectivity index (χ4n) is 2.50. The summed E-state index contributed by atoms with van der Waals surface area (Å²) in [7, 11) is 2.22. The summed E-state index contributed by atoms with van der Waals surface area (Å²) in [5.74, 6) is 0. The molecule has 0 amide bonds. The maximum Gasteiger partial charge on any atom is 0.207 e. The maximum absolute atomic E-state index is 2.45. The SMILES string of the molecule is C/C=C(\C)C1(C)CC1(C)/[N+](C)=C(/C)SC. The van der Waals surface area contributed by atoms with E-state index in [1.54, 1.807) is 0 Å². The van der Waals surface area contributed by atoms with Crippen LogP contribution in [0.5, 0.6) is 0 Å². The smallest absolute Gasteiger partial charge is 0.207 e. The van der Waals surface area contributed by atoms with Crippen molar-refractivity contribution in [3.63, 3.8) is 0 Å². The lowest BCUT2D eigenvalue weighted by Crippen LogP contribution is -2.31. The lowest BCUT2D eigenvalue weighted by atomic mass is 9.94. The van der Waals surface area contributed by atoms with Crippen LogP contribution < -0.4 is 0 Å². The number of allylic oxidation sites excluding steroid dienone is 1. The number of hydrogen-bond acceptors (Lipinski definition) is 1. The van der Waals surface area contributed by atoms with E-state index in [-0.39, 0.29) is 0 Å². The van der Waals surface area contributed by atoms with Crippen LogP contribution in [0.1, 0.15) is 41.0 Å².